The van der Waals surface area contributed by atoms with Crippen molar-refractivity contribution < 1.29 is 30.0 Å². The molecule has 0 saturated heterocycles. The molecule has 5 N–H and O–H groups in total. The molecule has 0 aliphatic heterocycles. The van der Waals surface area contributed by atoms with Crippen molar-refractivity contribution in [3.63, 3.8) is 0 Å². The highest BCUT2D eigenvalue weighted by molar-refractivity contribution is 5.89. The first kappa shape index (κ1) is 26.0. The fraction of sp³-hybridized carbons (Fsp3) is 0.900. The molecule has 0 spiro atoms. The van der Waals surface area contributed by atoms with Gasteiger partial charge >= 0.3 is 0 Å². The predicted molar refractivity (Wildman–Crippen MR) is 104 cm³/mol. The van der Waals surface area contributed by atoms with Crippen LogP contribution in [0.5, 0.6) is 0 Å². The van der Waals surface area contributed by atoms with Crippen molar-refractivity contribution in [1.29, 1.82) is 0 Å². The van der Waals surface area contributed by atoms with Gasteiger partial charge in [0.25, 0.3) is 0 Å². The van der Waals surface area contributed by atoms with Gasteiger partial charge in [-0.05, 0) is 6.42 Å². The maximum Gasteiger partial charge on any atom is 0.217 e. The molecule has 27 heavy (non-hydrogen) atoms. The second kappa shape index (κ2) is 16.0. The Morgan fingerprint density at radius 1 is 0.815 bits per heavy atom. The summed E-state index contributed by atoms with van der Waals surface area (Å²) in [7, 11) is 0. The Morgan fingerprint density at radius 3 is 1.74 bits per heavy atom. The Bertz CT molecular complexity index is 404. The van der Waals surface area contributed by atoms with E-state index in [-0.39, 0.29) is 12.2 Å². The van der Waals surface area contributed by atoms with Gasteiger partial charge in [0.05, 0.1) is 6.61 Å². The van der Waals surface area contributed by atoms with Gasteiger partial charge in [-0.2, -0.15) is 0 Å². The zero-order valence-corrected chi connectivity index (χ0v) is 16.9. The van der Waals surface area contributed by atoms with Crippen molar-refractivity contribution >= 4 is 11.7 Å². The van der Waals surface area contributed by atoms with Crippen LogP contribution in [0.4, 0.5) is 0 Å². The van der Waals surface area contributed by atoms with E-state index in [1.165, 1.54) is 45.4 Å². The second-order valence-corrected chi connectivity index (χ2v) is 7.31. The van der Waals surface area contributed by atoms with Crippen molar-refractivity contribution in [3.8, 4) is 0 Å². The highest BCUT2D eigenvalue weighted by atomic mass is 16.4. The van der Waals surface area contributed by atoms with E-state index in [1.807, 2.05) is 0 Å². The van der Waals surface area contributed by atoms with Gasteiger partial charge in [-0.1, -0.05) is 64.7 Å². The molecule has 0 bridgehead atoms. The summed E-state index contributed by atoms with van der Waals surface area (Å²) in [6, 6.07) is -1.29. The molecule has 7 nitrogen and oxygen atoms in total. The number of aliphatic hydroxyl groups is 4. The van der Waals surface area contributed by atoms with Crippen LogP contribution in [-0.4, -0.2) is 63.1 Å². The molecule has 0 unspecified atom stereocenters. The monoisotopic (exact) mass is 389 g/mol. The summed E-state index contributed by atoms with van der Waals surface area (Å²) < 4.78 is 0. The van der Waals surface area contributed by atoms with Crippen molar-refractivity contribution in [2.75, 3.05) is 6.61 Å². The second-order valence-electron chi connectivity index (χ2n) is 7.31. The summed E-state index contributed by atoms with van der Waals surface area (Å²) >= 11 is 0. The lowest BCUT2D eigenvalue weighted by Gasteiger charge is -2.28. The van der Waals surface area contributed by atoms with Crippen LogP contribution in [0.15, 0.2) is 0 Å². The quantitative estimate of drug-likeness (QED) is 0.240. The van der Waals surface area contributed by atoms with E-state index < -0.39 is 36.9 Å². The molecule has 7 heteroatoms. The summed E-state index contributed by atoms with van der Waals surface area (Å²) in [6.45, 7) is 2.66. The Kier molecular flexibility index (Phi) is 15.4. The number of hydrogen-bond acceptors (Lipinski definition) is 6. The molecule has 0 radical (unpaired) electrons. The number of aliphatic hydroxyl groups excluding tert-OH is 4. The molecule has 0 fully saturated rings. The average Bonchev–Trinajstić information content (AvgIpc) is 2.65. The number of ketones is 1. The smallest absolute Gasteiger partial charge is 0.217 e. The first-order valence-electron chi connectivity index (χ1n) is 10.3. The van der Waals surface area contributed by atoms with E-state index >= 15 is 0 Å². The van der Waals surface area contributed by atoms with Crippen molar-refractivity contribution in [3.05, 3.63) is 0 Å². The lowest BCUT2D eigenvalue weighted by Crippen LogP contribution is -2.55. The van der Waals surface area contributed by atoms with Crippen LogP contribution in [0, 0.1) is 0 Å². The minimum Gasteiger partial charge on any atom is -0.394 e. The maximum absolute atomic E-state index is 12.3. The molecule has 0 aromatic rings. The summed E-state index contributed by atoms with van der Waals surface area (Å²) in [5.41, 5.74) is 0. The largest absolute Gasteiger partial charge is 0.394 e. The highest BCUT2D eigenvalue weighted by Gasteiger charge is 2.35. The summed E-state index contributed by atoms with van der Waals surface area (Å²) in [5.74, 6) is -0.900. The number of amides is 1. The van der Waals surface area contributed by atoms with Crippen LogP contribution in [0.3, 0.4) is 0 Å². The Balaban J connectivity index is 4.18. The molecule has 0 rings (SSSR count). The average molecular weight is 390 g/mol. The van der Waals surface area contributed by atoms with E-state index in [0.717, 1.165) is 19.3 Å². The van der Waals surface area contributed by atoms with Gasteiger partial charge in [-0.15, -0.1) is 0 Å². The van der Waals surface area contributed by atoms with Gasteiger partial charge < -0.3 is 25.7 Å². The fourth-order valence-electron chi connectivity index (χ4n) is 3.05. The molecule has 0 aliphatic carbocycles. The van der Waals surface area contributed by atoms with Crippen LogP contribution >= 0.6 is 0 Å². The van der Waals surface area contributed by atoms with E-state index in [4.69, 9.17) is 5.11 Å². The lowest BCUT2D eigenvalue weighted by atomic mass is 9.94. The summed E-state index contributed by atoms with van der Waals surface area (Å²) in [6.07, 6.45) is 6.51. The standard InChI is InChI=1S/C20H39NO6/c1-3-4-5-6-7-8-9-10-11-12-13-16(24)18(21-15(2)23)20(27)19(26)17(25)14-22/h17-20,22,25-27H,3-14H2,1-2H3,(H,21,23)/t17-,18+,19-,20-/m1/s1. The molecule has 0 heterocycles. The number of nitrogens with one attached hydrogen (secondary N) is 1. The number of unbranched alkanes of at least 4 members (excludes halogenated alkanes) is 9. The molecule has 0 saturated carbocycles. The SMILES string of the molecule is CCCCCCCCCCCCC(=O)[C@H](NC(C)=O)[C@@H](O)[C@H](O)[C@H](O)CO. The van der Waals surface area contributed by atoms with Crippen LogP contribution in [-0.2, 0) is 9.59 Å². The molecule has 0 aliphatic rings. The Morgan fingerprint density at radius 2 is 1.30 bits per heavy atom. The van der Waals surface area contributed by atoms with Gasteiger partial charge in [0.1, 0.15) is 24.4 Å². The van der Waals surface area contributed by atoms with Gasteiger partial charge in [0.2, 0.25) is 5.91 Å². The molecule has 0 aromatic heterocycles. The van der Waals surface area contributed by atoms with Crippen LogP contribution in [0.2, 0.25) is 0 Å². The first-order chi connectivity index (χ1) is 12.8. The topological polar surface area (TPSA) is 127 Å². The molecule has 0 aromatic carbocycles. The van der Waals surface area contributed by atoms with Crippen molar-refractivity contribution in [2.45, 2.75) is 109 Å². The Hall–Kier alpha value is -1.02. The van der Waals surface area contributed by atoms with E-state index in [2.05, 4.69) is 12.2 Å². The van der Waals surface area contributed by atoms with E-state index in [0.29, 0.717) is 6.42 Å². The number of Topliss-reactive ketones (excluding diaryl/α,β-unsaturated/α-hetero) is 1. The van der Waals surface area contributed by atoms with Crippen molar-refractivity contribution in [1.82, 2.24) is 5.32 Å². The third kappa shape index (κ3) is 12.1. The molecule has 4 atom stereocenters. The minimum absolute atomic E-state index is 0.181. The molecular formula is C20H39NO6. The molecule has 1 amide bonds. The van der Waals surface area contributed by atoms with Crippen LogP contribution < -0.4 is 5.32 Å². The summed E-state index contributed by atoms with van der Waals surface area (Å²) in [4.78, 5) is 23.6. The zero-order valence-electron chi connectivity index (χ0n) is 16.9. The van der Waals surface area contributed by atoms with Crippen LogP contribution in [0.25, 0.3) is 0 Å². The predicted octanol–water partition coefficient (Wildman–Crippen LogP) is 1.45. The summed E-state index contributed by atoms with van der Waals surface area (Å²) in [5, 5.41) is 40.5. The lowest BCUT2D eigenvalue weighted by molar-refractivity contribution is -0.136. The number of hydrogen-bond donors (Lipinski definition) is 5. The van der Waals surface area contributed by atoms with Gasteiger partial charge in [0.15, 0.2) is 5.78 Å². The number of carbonyl (C=O) groups excluding carboxylic acids is 2. The van der Waals surface area contributed by atoms with Gasteiger partial charge in [-0.3, -0.25) is 9.59 Å². The third-order valence-corrected chi connectivity index (χ3v) is 4.76. The number of rotatable bonds is 17. The first-order valence-corrected chi connectivity index (χ1v) is 10.3. The van der Waals surface area contributed by atoms with E-state index in [1.54, 1.807) is 0 Å². The maximum atomic E-state index is 12.3. The van der Waals surface area contributed by atoms with Gasteiger partial charge in [-0.25, -0.2) is 0 Å². The Labute approximate surface area is 163 Å². The molecule has 160 valence electrons. The molecular weight excluding hydrogens is 350 g/mol. The van der Waals surface area contributed by atoms with Crippen LogP contribution in [0.1, 0.15) is 84.5 Å². The van der Waals surface area contributed by atoms with Gasteiger partial charge in [0, 0.05) is 13.3 Å². The zero-order chi connectivity index (χ0) is 20.7. The number of carbonyl (C=O) groups is 2. The van der Waals surface area contributed by atoms with E-state index in [9.17, 15) is 24.9 Å². The highest BCUT2D eigenvalue weighted by Crippen LogP contribution is 2.13. The minimum atomic E-state index is -1.72. The normalized spacial score (nSPS) is 15.8. The third-order valence-electron chi connectivity index (χ3n) is 4.76. The fourth-order valence-corrected chi connectivity index (χ4v) is 3.05. The van der Waals surface area contributed by atoms with Crippen molar-refractivity contribution in [2.24, 2.45) is 0 Å².